The number of hydrogen-bond acceptors (Lipinski definition) is 3. The Labute approximate surface area is 128 Å². The highest BCUT2D eigenvalue weighted by atomic mass is 19.1. The van der Waals surface area contributed by atoms with E-state index in [4.69, 9.17) is 0 Å². The van der Waals surface area contributed by atoms with Crippen LogP contribution in [0, 0.1) is 11.6 Å². The summed E-state index contributed by atoms with van der Waals surface area (Å²) in [5.41, 5.74) is 0.248. The summed E-state index contributed by atoms with van der Waals surface area (Å²) in [6.07, 6.45) is 0.751. The van der Waals surface area contributed by atoms with Crippen LogP contribution in [-0.4, -0.2) is 24.5 Å². The third-order valence-corrected chi connectivity index (χ3v) is 3.24. The molecule has 0 aliphatic heterocycles. The summed E-state index contributed by atoms with van der Waals surface area (Å²) in [5, 5.41) is 7.54. The number of benzene rings is 1. The quantitative estimate of drug-likeness (QED) is 0.754. The second-order valence-electron chi connectivity index (χ2n) is 5.10. The fourth-order valence-electron chi connectivity index (χ4n) is 1.74. The fraction of sp³-hybridized carbons (Fsp3) is 0.467. The molecule has 0 heterocycles. The van der Waals surface area contributed by atoms with E-state index in [0.717, 1.165) is 18.6 Å². The number of rotatable bonds is 6. The number of carbonyl (C=O) groups is 2. The minimum Gasteiger partial charge on any atom is -0.335 e. The van der Waals surface area contributed by atoms with Gasteiger partial charge in [0.1, 0.15) is 11.6 Å². The molecule has 0 bridgehead atoms. The second-order valence-corrected chi connectivity index (χ2v) is 5.10. The van der Waals surface area contributed by atoms with Crippen molar-refractivity contribution in [2.75, 3.05) is 6.54 Å². The van der Waals surface area contributed by atoms with Crippen molar-refractivity contribution in [3.05, 3.63) is 35.4 Å². The van der Waals surface area contributed by atoms with E-state index in [1.807, 2.05) is 13.8 Å². The number of carbonyl (C=O) groups excluding carboxylic acids is 2. The second kappa shape index (κ2) is 8.43. The van der Waals surface area contributed by atoms with Gasteiger partial charge >= 0.3 is 6.03 Å². The molecule has 0 aliphatic carbocycles. The van der Waals surface area contributed by atoms with E-state index in [2.05, 4.69) is 16.0 Å². The average molecular weight is 313 g/mol. The van der Waals surface area contributed by atoms with Crippen molar-refractivity contribution in [3.63, 3.8) is 0 Å². The van der Waals surface area contributed by atoms with Crippen LogP contribution in [0.4, 0.5) is 13.6 Å². The number of nitrogens with one attached hydrogen (secondary N) is 3. The van der Waals surface area contributed by atoms with Gasteiger partial charge in [-0.15, -0.1) is 0 Å². The van der Waals surface area contributed by atoms with Crippen LogP contribution in [0.5, 0.6) is 0 Å². The zero-order chi connectivity index (χ0) is 16.7. The summed E-state index contributed by atoms with van der Waals surface area (Å²) >= 11 is 0. The fourth-order valence-corrected chi connectivity index (χ4v) is 1.74. The molecule has 122 valence electrons. The maximum Gasteiger partial charge on any atom is 0.321 e. The SMILES string of the molecule is CC[C@@H](C)NC(=O)NC(=O)CN[C@@H](C)c1ccc(F)cc1F. The minimum atomic E-state index is -0.685. The molecule has 7 heteroatoms. The summed E-state index contributed by atoms with van der Waals surface area (Å²) in [6, 6.07) is 2.15. The molecule has 1 aromatic rings. The third kappa shape index (κ3) is 5.77. The maximum absolute atomic E-state index is 13.6. The van der Waals surface area contributed by atoms with Gasteiger partial charge < -0.3 is 10.6 Å². The van der Waals surface area contributed by atoms with Crippen LogP contribution in [0.2, 0.25) is 0 Å². The van der Waals surface area contributed by atoms with E-state index in [9.17, 15) is 18.4 Å². The Morgan fingerprint density at radius 3 is 2.50 bits per heavy atom. The summed E-state index contributed by atoms with van der Waals surface area (Å²) in [6.45, 7) is 5.21. The van der Waals surface area contributed by atoms with Gasteiger partial charge in [-0.2, -0.15) is 0 Å². The lowest BCUT2D eigenvalue weighted by molar-refractivity contribution is -0.119. The molecule has 0 fully saturated rings. The predicted molar refractivity (Wildman–Crippen MR) is 79.2 cm³/mol. The molecular formula is C15H21F2N3O2. The number of halogens is 2. The van der Waals surface area contributed by atoms with E-state index >= 15 is 0 Å². The molecule has 0 spiro atoms. The van der Waals surface area contributed by atoms with Gasteiger partial charge in [-0.05, 0) is 26.3 Å². The molecule has 1 rings (SSSR count). The summed E-state index contributed by atoms with van der Waals surface area (Å²) in [7, 11) is 0. The van der Waals surface area contributed by atoms with Crippen LogP contribution in [0.1, 0.15) is 38.8 Å². The van der Waals surface area contributed by atoms with Crippen molar-refractivity contribution in [1.29, 1.82) is 0 Å². The highest BCUT2D eigenvalue weighted by Gasteiger charge is 2.14. The van der Waals surface area contributed by atoms with E-state index in [1.165, 1.54) is 6.07 Å². The smallest absolute Gasteiger partial charge is 0.321 e. The largest absolute Gasteiger partial charge is 0.335 e. The first-order valence-corrected chi connectivity index (χ1v) is 7.12. The normalized spacial score (nSPS) is 13.3. The van der Waals surface area contributed by atoms with E-state index < -0.39 is 29.6 Å². The van der Waals surface area contributed by atoms with Crippen LogP contribution in [0.3, 0.4) is 0 Å². The van der Waals surface area contributed by atoms with Gasteiger partial charge in [0, 0.05) is 23.7 Å². The van der Waals surface area contributed by atoms with Crippen LogP contribution < -0.4 is 16.0 Å². The predicted octanol–water partition coefficient (Wildman–Crippen LogP) is 2.24. The van der Waals surface area contributed by atoms with Crippen LogP contribution >= 0.6 is 0 Å². The Kier molecular flexibility index (Phi) is 6.91. The van der Waals surface area contributed by atoms with Crippen molar-refractivity contribution in [2.24, 2.45) is 0 Å². The molecule has 0 saturated carbocycles. The standard InChI is InChI=1S/C15H21F2N3O2/c1-4-9(2)19-15(22)20-14(21)8-18-10(3)12-6-5-11(16)7-13(12)17/h5-7,9-10,18H,4,8H2,1-3H3,(H2,19,20,21,22)/t9-,10+/m1/s1. The number of amides is 3. The van der Waals surface area contributed by atoms with Crippen molar-refractivity contribution < 1.29 is 18.4 Å². The molecule has 0 radical (unpaired) electrons. The molecule has 0 aliphatic rings. The van der Waals surface area contributed by atoms with E-state index in [0.29, 0.717) is 0 Å². The van der Waals surface area contributed by atoms with E-state index in [1.54, 1.807) is 6.92 Å². The van der Waals surface area contributed by atoms with Gasteiger partial charge in [0.25, 0.3) is 0 Å². The minimum absolute atomic E-state index is 0.0343. The van der Waals surface area contributed by atoms with Gasteiger partial charge in [0.2, 0.25) is 5.91 Å². The molecule has 5 nitrogen and oxygen atoms in total. The Hall–Kier alpha value is -2.02. The monoisotopic (exact) mass is 313 g/mol. The number of urea groups is 1. The topological polar surface area (TPSA) is 70.2 Å². The van der Waals surface area contributed by atoms with Crippen molar-refractivity contribution in [3.8, 4) is 0 Å². The van der Waals surface area contributed by atoms with Gasteiger partial charge in [0.15, 0.2) is 0 Å². The van der Waals surface area contributed by atoms with Crippen molar-refractivity contribution in [2.45, 2.75) is 39.3 Å². The number of hydrogen-bond donors (Lipinski definition) is 3. The molecule has 0 aromatic heterocycles. The average Bonchev–Trinajstić information content (AvgIpc) is 2.44. The Morgan fingerprint density at radius 1 is 1.23 bits per heavy atom. The molecule has 3 amide bonds. The van der Waals surface area contributed by atoms with Crippen LogP contribution in [-0.2, 0) is 4.79 Å². The first kappa shape index (κ1) is 18.0. The summed E-state index contributed by atoms with van der Waals surface area (Å²) in [5.74, 6) is -1.88. The van der Waals surface area contributed by atoms with E-state index in [-0.39, 0.29) is 18.2 Å². The molecule has 1 aromatic carbocycles. The van der Waals surface area contributed by atoms with Crippen LogP contribution in [0.25, 0.3) is 0 Å². The summed E-state index contributed by atoms with van der Waals surface area (Å²) in [4.78, 5) is 23.1. The molecule has 0 unspecified atom stereocenters. The third-order valence-electron chi connectivity index (χ3n) is 3.24. The molecule has 3 N–H and O–H groups in total. The first-order valence-electron chi connectivity index (χ1n) is 7.12. The molecule has 0 saturated heterocycles. The van der Waals surface area contributed by atoms with Gasteiger partial charge in [-0.25, -0.2) is 13.6 Å². The molecule has 22 heavy (non-hydrogen) atoms. The number of imide groups is 1. The highest BCUT2D eigenvalue weighted by molar-refractivity contribution is 5.95. The first-order chi connectivity index (χ1) is 10.3. The Balaban J connectivity index is 2.45. The molecule has 2 atom stereocenters. The zero-order valence-corrected chi connectivity index (χ0v) is 12.9. The van der Waals surface area contributed by atoms with Gasteiger partial charge in [-0.3, -0.25) is 10.1 Å². The van der Waals surface area contributed by atoms with Crippen molar-refractivity contribution in [1.82, 2.24) is 16.0 Å². The van der Waals surface area contributed by atoms with Gasteiger partial charge in [0.05, 0.1) is 6.54 Å². The maximum atomic E-state index is 13.6. The summed E-state index contributed by atoms with van der Waals surface area (Å²) < 4.78 is 26.4. The Morgan fingerprint density at radius 2 is 1.91 bits per heavy atom. The zero-order valence-electron chi connectivity index (χ0n) is 12.9. The Bertz CT molecular complexity index is 538. The highest BCUT2D eigenvalue weighted by Crippen LogP contribution is 2.17. The lowest BCUT2D eigenvalue weighted by atomic mass is 10.1. The van der Waals surface area contributed by atoms with Gasteiger partial charge in [-0.1, -0.05) is 13.0 Å². The van der Waals surface area contributed by atoms with Crippen molar-refractivity contribution >= 4 is 11.9 Å². The molecular weight excluding hydrogens is 292 g/mol. The lowest BCUT2D eigenvalue weighted by Gasteiger charge is -2.15. The van der Waals surface area contributed by atoms with Crippen LogP contribution in [0.15, 0.2) is 18.2 Å². The lowest BCUT2D eigenvalue weighted by Crippen LogP contribution is -2.46.